The molecule has 0 bridgehead atoms. The van der Waals surface area contributed by atoms with Crippen LogP contribution in [0, 0.1) is 0 Å². The van der Waals surface area contributed by atoms with Crippen LogP contribution in [0.1, 0.15) is 52.0 Å². The molecule has 2 aromatic carbocycles. The minimum Gasteiger partial charge on any atom is -0.406 e. The van der Waals surface area contributed by atoms with Gasteiger partial charge in [-0.15, -0.1) is 13.2 Å². The third kappa shape index (κ3) is 4.07. The number of ketones is 1. The number of aromatic nitrogens is 1. The first kappa shape index (κ1) is 20.5. The van der Waals surface area contributed by atoms with E-state index in [2.05, 4.69) is 22.2 Å². The number of nitrogens with zero attached hydrogens (tertiary/aromatic N) is 1. The molecular formula is C25H22F3N2O2+. The Morgan fingerprint density at radius 3 is 2.53 bits per heavy atom. The molecule has 0 saturated heterocycles. The molecule has 0 amide bonds. The van der Waals surface area contributed by atoms with Gasteiger partial charge in [-0.25, -0.2) is 0 Å². The van der Waals surface area contributed by atoms with Crippen molar-refractivity contribution in [2.24, 2.45) is 0 Å². The molecule has 3 aromatic rings. The van der Waals surface area contributed by atoms with Gasteiger partial charge < -0.3 is 10.1 Å². The molecule has 2 aliphatic rings. The van der Waals surface area contributed by atoms with Gasteiger partial charge in [0.1, 0.15) is 5.75 Å². The molecule has 0 fully saturated rings. The molecule has 1 aliphatic carbocycles. The second kappa shape index (κ2) is 7.97. The Morgan fingerprint density at radius 1 is 0.969 bits per heavy atom. The summed E-state index contributed by atoms with van der Waals surface area (Å²) >= 11 is 0. The predicted octanol–water partition coefficient (Wildman–Crippen LogP) is 5.34. The molecule has 7 heteroatoms. The van der Waals surface area contributed by atoms with Crippen LogP contribution in [0.15, 0.2) is 67.0 Å². The second-order valence-electron chi connectivity index (χ2n) is 8.26. The normalized spacial score (nSPS) is 20.2. The fourth-order valence-electron chi connectivity index (χ4n) is 4.68. The number of fused-ring (bicyclic) bond motifs is 2. The van der Waals surface area contributed by atoms with Crippen LogP contribution >= 0.6 is 0 Å². The zero-order valence-electron chi connectivity index (χ0n) is 17.2. The SMILES string of the molecule is O=C1c2cc(OC(F)(F)F)ccc2CCC1[n+]1ccc2c(c1)CCC(c1ccccc1)N2. The quantitative estimate of drug-likeness (QED) is 0.560. The molecule has 2 atom stereocenters. The lowest BCUT2D eigenvalue weighted by Gasteiger charge is -2.27. The molecule has 1 aliphatic heterocycles. The van der Waals surface area contributed by atoms with E-state index in [-0.39, 0.29) is 17.6 Å². The van der Waals surface area contributed by atoms with Crippen molar-refractivity contribution in [3.8, 4) is 5.75 Å². The van der Waals surface area contributed by atoms with Crippen LogP contribution in [0.3, 0.4) is 0 Å². The summed E-state index contributed by atoms with van der Waals surface area (Å²) in [6, 6.07) is 16.1. The van der Waals surface area contributed by atoms with Crippen LogP contribution in [0.25, 0.3) is 0 Å². The smallest absolute Gasteiger partial charge is 0.406 e. The van der Waals surface area contributed by atoms with E-state index in [4.69, 9.17) is 0 Å². The number of halogens is 3. The van der Waals surface area contributed by atoms with Gasteiger partial charge in [0.15, 0.2) is 12.4 Å². The minimum absolute atomic E-state index is 0.185. The fraction of sp³-hybridized carbons (Fsp3) is 0.280. The number of hydrogen-bond acceptors (Lipinski definition) is 3. The van der Waals surface area contributed by atoms with Crippen molar-refractivity contribution < 1.29 is 27.3 Å². The minimum atomic E-state index is -4.79. The lowest BCUT2D eigenvalue weighted by Crippen LogP contribution is -2.46. The first-order valence-electron chi connectivity index (χ1n) is 10.7. The molecule has 4 nitrogen and oxygen atoms in total. The van der Waals surface area contributed by atoms with Crippen molar-refractivity contribution in [2.45, 2.75) is 44.1 Å². The topological polar surface area (TPSA) is 42.2 Å². The summed E-state index contributed by atoms with van der Waals surface area (Å²) in [4.78, 5) is 13.2. The number of ether oxygens (including phenoxy) is 1. The molecule has 1 aromatic heterocycles. The maximum Gasteiger partial charge on any atom is 0.573 e. The Kier molecular flexibility index (Phi) is 5.12. The standard InChI is InChI=1S/C25H21F3N2O2/c26-25(27,28)32-19-9-6-16-8-11-23(24(31)20(16)14-19)30-13-12-22-18(15-30)7-10-21(29-22)17-4-2-1-3-5-17/h1-6,9,12-15,21,23H,7-8,10-11H2/p+1. The molecule has 2 unspecified atom stereocenters. The number of carbonyl (C=O) groups excluding carboxylic acids is 1. The lowest BCUT2D eigenvalue weighted by atomic mass is 9.86. The number of benzene rings is 2. The van der Waals surface area contributed by atoms with Gasteiger partial charge in [0.05, 0.1) is 6.04 Å². The lowest BCUT2D eigenvalue weighted by molar-refractivity contribution is -0.709. The Labute approximate surface area is 183 Å². The number of aryl methyl sites for hydroxylation is 2. The van der Waals surface area contributed by atoms with Crippen LogP contribution in [0.2, 0.25) is 0 Å². The zero-order valence-corrected chi connectivity index (χ0v) is 17.2. The summed E-state index contributed by atoms with van der Waals surface area (Å²) in [6.45, 7) is 0. The highest BCUT2D eigenvalue weighted by Gasteiger charge is 2.37. The van der Waals surface area contributed by atoms with Crippen LogP contribution in [-0.2, 0) is 12.8 Å². The van der Waals surface area contributed by atoms with Gasteiger partial charge in [-0.05, 0) is 42.5 Å². The van der Waals surface area contributed by atoms with Gasteiger partial charge in [0.25, 0.3) is 0 Å². The number of alkyl halides is 3. The Hall–Kier alpha value is -3.35. The van der Waals surface area contributed by atoms with Gasteiger partial charge in [0, 0.05) is 29.3 Å². The van der Waals surface area contributed by atoms with Gasteiger partial charge >= 0.3 is 6.36 Å². The number of nitrogens with one attached hydrogen (secondary N) is 1. The summed E-state index contributed by atoms with van der Waals surface area (Å²) in [5.74, 6) is -0.549. The molecule has 5 rings (SSSR count). The van der Waals surface area contributed by atoms with Crippen LogP contribution in [0.4, 0.5) is 18.9 Å². The van der Waals surface area contributed by atoms with E-state index < -0.39 is 12.4 Å². The van der Waals surface area contributed by atoms with E-state index in [0.717, 1.165) is 29.7 Å². The number of Topliss-reactive ketones (excluding diaryl/α,β-unsaturated/α-hetero) is 1. The highest BCUT2D eigenvalue weighted by molar-refractivity contribution is 6.00. The Morgan fingerprint density at radius 2 is 1.75 bits per heavy atom. The average Bonchev–Trinajstić information content (AvgIpc) is 2.78. The average molecular weight is 439 g/mol. The van der Waals surface area contributed by atoms with Crippen LogP contribution in [0.5, 0.6) is 5.75 Å². The molecule has 32 heavy (non-hydrogen) atoms. The van der Waals surface area contributed by atoms with Crippen molar-refractivity contribution in [3.63, 3.8) is 0 Å². The second-order valence-corrected chi connectivity index (χ2v) is 8.26. The van der Waals surface area contributed by atoms with Crippen LogP contribution in [-0.4, -0.2) is 12.1 Å². The van der Waals surface area contributed by atoms with Crippen molar-refractivity contribution in [1.82, 2.24) is 0 Å². The van der Waals surface area contributed by atoms with Crippen molar-refractivity contribution in [2.75, 3.05) is 5.32 Å². The molecular weight excluding hydrogens is 417 g/mol. The van der Waals surface area contributed by atoms with Gasteiger partial charge in [-0.1, -0.05) is 36.4 Å². The zero-order chi connectivity index (χ0) is 22.3. The Balaban J connectivity index is 1.38. The van der Waals surface area contributed by atoms with Crippen molar-refractivity contribution >= 4 is 11.5 Å². The number of carbonyl (C=O) groups is 1. The molecule has 0 spiro atoms. The van der Waals surface area contributed by atoms with E-state index in [1.165, 1.54) is 17.7 Å². The monoisotopic (exact) mass is 439 g/mol. The summed E-state index contributed by atoms with van der Waals surface area (Å²) in [5, 5.41) is 3.58. The summed E-state index contributed by atoms with van der Waals surface area (Å²) in [6.07, 6.45) is 2.13. The van der Waals surface area contributed by atoms with Gasteiger partial charge in [-0.2, -0.15) is 4.57 Å². The number of hydrogen-bond donors (Lipinski definition) is 1. The molecule has 2 heterocycles. The van der Waals surface area contributed by atoms with Crippen molar-refractivity contribution in [3.05, 3.63) is 89.2 Å². The van der Waals surface area contributed by atoms with Crippen LogP contribution < -0.4 is 14.6 Å². The number of anilines is 1. The summed E-state index contributed by atoms with van der Waals surface area (Å²) in [7, 11) is 0. The third-order valence-electron chi connectivity index (χ3n) is 6.23. The molecule has 0 saturated carbocycles. The summed E-state index contributed by atoms with van der Waals surface area (Å²) in [5.41, 5.74) is 4.48. The first-order chi connectivity index (χ1) is 15.4. The number of pyridine rings is 1. The van der Waals surface area contributed by atoms with Gasteiger partial charge in [0.2, 0.25) is 11.8 Å². The number of rotatable bonds is 3. The van der Waals surface area contributed by atoms with Crippen molar-refractivity contribution in [1.29, 1.82) is 0 Å². The predicted molar refractivity (Wildman–Crippen MR) is 113 cm³/mol. The molecule has 0 radical (unpaired) electrons. The molecule has 164 valence electrons. The third-order valence-corrected chi connectivity index (χ3v) is 6.23. The first-order valence-corrected chi connectivity index (χ1v) is 10.7. The van der Waals surface area contributed by atoms with E-state index in [1.807, 2.05) is 41.2 Å². The summed E-state index contributed by atoms with van der Waals surface area (Å²) < 4.78 is 43.7. The maximum absolute atomic E-state index is 13.2. The molecule has 1 N–H and O–H groups in total. The maximum atomic E-state index is 13.2. The van der Waals surface area contributed by atoms with E-state index in [0.29, 0.717) is 18.4 Å². The largest absolute Gasteiger partial charge is 0.573 e. The Bertz CT molecular complexity index is 1160. The van der Waals surface area contributed by atoms with E-state index >= 15 is 0 Å². The van der Waals surface area contributed by atoms with E-state index in [9.17, 15) is 18.0 Å². The van der Waals surface area contributed by atoms with E-state index in [1.54, 1.807) is 6.07 Å². The van der Waals surface area contributed by atoms with Gasteiger partial charge in [-0.3, -0.25) is 4.79 Å². The highest BCUT2D eigenvalue weighted by Crippen LogP contribution is 2.34. The highest BCUT2D eigenvalue weighted by atomic mass is 19.4. The fourth-order valence-corrected chi connectivity index (χ4v) is 4.68.